The van der Waals surface area contributed by atoms with Crippen LogP contribution in [0.25, 0.3) is 0 Å². The Hall–Kier alpha value is -1.58. The first-order chi connectivity index (χ1) is 10.1. The molecule has 0 bridgehead atoms. The van der Waals surface area contributed by atoms with Crippen LogP contribution < -0.4 is 0 Å². The Kier molecular flexibility index (Phi) is 3.87. The third-order valence-electron chi connectivity index (χ3n) is 5.47. The summed E-state index contributed by atoms with van der Waals surface area (Å²) in [4.78, 5) is 0. The van der Waals surface area contributed by atoms with E-state index < -0.39 is 0 Å². The summed E-state index contributed by atoms with van der Waals surface area (Å²) in [5.41, 5.74) is 0.284. The lowest BCUT2D eigenvalue weighted by Gasteiger charge is -2.39. The molecule has 0 aromatic heterocycles. The number of aromatic hydroxyl groups is 4. The Labute approximate surface area is 125 Å². The van der Waals surface area contributed by atoms with Gasteiger partial charge in [0.05, 0.1) is 0 Å². The van der Waals surface area contributed by atoms with E-state index in [1.54, 1.807) is 0 Å². The number of hydrogen-bond donors (Lipinski definition) is 4. The predicted octanol–water partition coefficient (Wildman–Crippen LogP) is 3.66. The van der Waals surface area contributed by atoms with Gasteiger partial charge in [-0.2, -0.15) is 0 Å². The zero-order chi connectivity index (χ0) is 15.0. The molecule has 0 aliphatic heterocycles. The molecule has 0 saturated heterocycles. The molecule has 4 heteroatoms. The molecule has 0 radical (unpaired) electrons. The van der Waals surface area contributed by atoms with Gasteiger partial charge in [-0.3, -0.25) is 0 Å². The molecule has 1 aromatic rings. The number of fused-ring (bicyclic) bond motifs is 1. The first kappa shape index (κ1) is 14.4. The quantitative estimate of drug-likeness (QED) is 0.495. The number of benzene rings is 1. The lowest BCUT2D eigenvalue weighted by molar-refractivity contribution is 0.129. The molecule has 1 aromatic carbocycles. The van der Waals surface area contributed by atoms with Crippen LogP contribution in [0.1, 0.15) is 50.5 Å². The minimum atomic E-state index is -0.369. The SMILES string of the molecule is Oc1cc(O)c(O)c(CC2CCC3CCCCC3C2)c1O. The third-order valence-corrected chi connectivity index (χ3v) is 5.47. The smallest absolute Gasteiger partial charge is 0.164 e. The van der Waals surface area contributed by atoms with E-state index in [1.165, 1.54) is 32.1 Å². The summed E-state index contributed by atoms with van der Waals surface area (Å²) in [5.74, 6) is 0.704. The summed E-state index contributed by atoms with van der Waals surface area (Å²) < 4.78 is 0. The lowest BCUT2D eigenvalue weighted by atomic mass is 9.66. The van der Waals surface area contributed by atoms with Gasteiger partial charge in [0, 0.05) is 11.6 Å². The van der Waals surface area contributed by atoms with Crippen LogP contribution in [0.4, 0.5) is 0 Å². The highest BCUT2D eigenvalue weighted by Crippen LogP contribution is 2.47. The van der Waals surface area contributed by atoms with E-state index in [4.69, 9.17) is 0 Å². The van der Waals surface area contributed by atoms with Crippen molar-refractivity contribution in [1.29, 1.82) is 0 Å². The van der Waals surface area contributed by atoms with Crippen molar-refractivity contribution in [2.24, 2.45) is 17.8 Å². The molecule has 3 rings (SSSR count). The fourth-order valence-corrected chi connectivity index (χ4v) is 4.33. The summed E-state index contributed by atoms with van der Waals surface area (Å²) in [6.45, 7) is 0. The van der Waals surface area contributed by atoms with Crippen LogP contribution in [-0.4, -0.2) is 20.4 Å². The molecule has 0 heterocycles. The lowest BCUT2D eigenvalue weighted by Crippen LogP contribution is -2.28. The van der Waals surface area contributed by atoms with Crippen molar-refractivity contribution in [2.45, 2.75) is 51.4 Å². The molecule has 4 nitrogen and oxygen atoms in total. The fourth-order valence-electron chi connectivity index (χ4n) is 4.33. The van der Waals surface area contributed by atoms with E-state index in [-0.39, 0.29) is 28.6 Å². The Balaban J connectivity index is 1.75. The second-order valence-electron chi connectivity index (χ2n) is 6.78. The van der Waals surface area contributed by atoms with Crippen LogP contribution in [0.3, 0.4) is 0 Å². The molecule has 0 spiro atoms. The van der Waals surface area contributed by atoms with Crippen molar-refractivity contribution in [2.75, 3.05) is 0 Å². The predicted molar refractivity (Wildman–Crippen MR) is 79.6 cm³/mol. The molecule has 116 valence electrons. The Morgan fingerprint density at radius 2 is 1.43 bits per heavy atom. The molecule has 4 N–H and O–H groups in total. The number of phenolic OH excluding ortho intramolecular Hbond substituents is 4. The molecule has 2 aliphatic rings. The highest BCUT2D eigenvalue weighted by molar-refractivity contribution is 5.58. The van der Waals surface area contributed by atoms with Gasteiger partial charge in [0.25, 0.3) is 0 Å². The maximum Gasteiger partial charge on any atom is 0.164 e. The molecule has 3 unspecified atom stereocenters. The average molecular weight is 292 g/mol. The van der Waals surface area contributed by atoms with E-state index in [2.05, 4.69) is 0 Å². The number of hydrogen-bond acceptors (Lipinski definition) is 4. The number of phenols is 4. The first-order valence-electron chi connectivity index (χ1n) is 8.02. The summed E-state index contributed by atoms with van der Waals surface area (Å²) in [7, 11) is 0. The average Bonchev–Trinajstić information content (AvgIpc) is 2.49. The molecular formula is C17H24O4. The highest BCUT2D eigenvalue weighted by Gasteiger charge is 2.33. The van der Waals surface area contributed by atoms with Gasteiger partial charge in [0.2, 0.25) is 0 Å². The van der Waals surface area contributed by atoms with Crippen LogP contribution in [0.5, 0.6) is 23.0 Å². The standard InChI is InChI=1S/C17H24O4/c18-14-9-15(19)17(21)13(16(14)20)8-10-5-6-11-3-1-2-4-12(11)7-10/h9-12,18-21H,1-8H2. The van der Waals surface area contributed by atoms with E-state index in [0.717, 1.165) is 30.7 Å². The van der Waals surface area contributed by atoms with Crippen molar-refractivity contribution in [3.63, 3.8) is 0 Å². The van der Waals surface area contributed by atoms with Crippen LogP contribution in [0, 0.1) is 17.8 Å². The van der Waals surface area contributed by atoms with Gasteiger partial charge in [-0.1, -0.05) is 25.7 Å². The monoisotopic (exact) mass is 292 g/mol. The normalized spacial score (nSPS) is 29.0. The van der Waals surface area contributed by atoms with Crippen LogP contribution >= 0.6 is 0 Å². The van der Waals surface area contributed by atoms with Gasteiger partial charge in [0.15, 0.2) is 23.0 Å². The Morgan fingerprint density at radius 3 is 2.10 bits per heavy atom. The van der Waals surface area contributed by atoms with Crippen molar-refractivity contribution in [1.82, 2.24) is 0 Å². The largest absolute Gasteiger partial charge is 0.504 e. The highest BCUT2D eigenvalue weighted by atomic mass is 16.3. The van der Waals surface area contributed by atoms with Crippen molar-refractivity contribution in [3.05, 3.63) is 11.6 Å². The van der Waals surface area contributed by atoms with Gasteiger partial charge in [-0.25, -0.2) is 0 Å². The third kappa shape index (κ3) is 2.76. The van der Waals surface area contributed by atoms with Gasteiger partial charge in [0.1, 0.15) is 0 Å². The van der Waals surface area contributed by atoms with Crippen LogP contribution in [0.2, 0.25) is 0 Å². The van der Waals surface area contributed by atoms with Crippen LogP contribution in [0.15, 0.2) is 6.07 Å². The topological polar surface area (TPSA) is 80.9 Å². The minimum absolute atomic E-state index is 0.284. The number of rotatable bonds is 2. The molecule has 2 fully saturated rings. The molecule has 2 saturated carbocycles. The second kappa shape index (κ2) is 5.66. The van der Waals surface area contributed by atoms with E-state index in [1.807, 2.05) is 0 Å². The summed E-state index contributed by atoms with van der Waals surface area (Å²) >= 11 is 0. The molecular weight excluding hydrogens is 268 g/mol. The molecule has 3 atom stereocenters. The molecule has 0 amide bonds. The minimum Gasteiger partial charge on any atom is -0.504 e. The van der Waals surface area contributed by atoms with Gasteiger partial charge >= 0.3 is 0 Å². The zero-order valence-electron chi connectivity index (χ0n) is 12.3. The Morgan fingerprint density at radius 1 is 0.810 bits per heavy atom. The van der Waals surface area contributed by atoms with Gasteiger partial charge in [-0.05, 0) is 43.4 Å². The zero-order valence-corrected chi connectivity index (χ0v) is 12.3. The van der Waals surface area contributed by atoms with Crippen molar-refractivity contribution in [3.8, 4) is 23.0 Å². The van der Waals surface area contributed by atoms with Crippen LogP contribution in [-0.2, 0) is 6.42 Å². The van der Waals surface area contributed by atoms with Crippen molar-refractivity contribution >= 4 is 0 Å². The summed E-state index contributed by atoms with van der Waals surface area (Å²) in [5, 5.41) is 39.1. The van der Waals surface area contributed by atoms with Gasteiger partial charge in [-0.15, -0.1) is 0 Å². The molecule has 21 heavy (non-hydrogen) atoms. The van der Waals surface area contributed by atoms with E-state index in [0.29, 0.717) is 12.3 Å². The second-order valence-corrected chi connectivity index (χ2v) is 6.78. The summed E-state index contributed by atoms with van der Waals surface area (Å²) in [6.07, 6.45) is 9.28. The summed E-state index contributed by atoms with van der Waals surface area (Å²) in [6, 6.07) is 0.978. The van der Waals surface area contributed by atoms with E-state index in [9.17, 15) is 20.4 Å². The van der Waals surface area contributed by atoms with Gasteiger partial charge < -0.3 is 20.4 Å². The maximum absolute atomic E-state index is 9.94. The fraction of sp³-hybridized carbons (Fsp3) is 0.647. The Bertz CT molecular complexity index is 500. The molecule has 2 aliphatic carbocycles. The van der Waals surface area contributed by atoms with E-state index >= 15 is 0 Å². The first-order valence-corrected chi connectivity index (χ1v) is 8.02. The maximum atomic E-state index is 9.94. The van der Waals surface area contributed by atoms with Crippen molar-refractivity contribution < 1.29 is 20.4 Å².